The zero-order chi connectivity index (χ0) is 23.8. The third kappa shape index (κ3) is 9.01. The van der Waals surface area contributed by atoms with E-state index in [4.69, 9.17) is 9.97 Å². The first-order valence-corrected chi connectivity index (χ1v) is 14.5. The van der Waals surface area contributed by atoms with Crippen LogP contribution in [-0.2, 0) is 12.8 Å². The van der Waals surface area contributed by atoms with Crippen LogP contribution >= 0.6 is 0 Å². The second-order valence-electron chi connectivity index (χ2n) is 10.3. The molecule has 0 fully saturated rings. The van der Waals surface area contributed by atoms with Crippen LogP contribution in [0.4, 0.5) is 0 Å². The first kappa shape index (κ1) is 26.6. The SMILES string of the molecule is CCCCCCCCCCc1cnc2c(ccc3cc(CCCCCCCCCC)cnc32)c1. The van der Waals surface area contributed by atoms with Crippen molar-refractivity contribution in [1.29, 1.82) is 0 Å². The van der Waals surface area contributed by atoms with Crippen LogP contribution in [-0.4, -0.2) is 9.97 Å². The molecule has 0 saturated heterocycles. The zero-order valence-electron chi connectivity index (χ0n) is 22.1. The van der Waals surface area contributed by atoms with Crippen molar-refractivity contribution in [3.05, 3.63) is 47.8 Å². The molecule has 2 nitrogen and oxygen atoms in total. The van der Waals surface area contributed by atoms with Gasteiger partial charge in [-0.2, -0.15) is 0 Å². The Morgan fingerprint density at radius 1 is 0.471 bits per heavy atom. The van der Waals surface area contributed by atoms with E-state index in [9.17, 15) is 0 Å². The largest absolute Gasteiger partial charge is 0.254 e. The molecule has 3 rings (SSSR count). The summed E-state index contributed by atoms with van der Waals surface area (Å²) in [7, 11) is 0. The summed E-state index contributed by atoms with van der Waals surface area (Å²) in [6, 6.07) is 9.14. The minimum atomic E-state index is 1.05. The van der Waals surface area contributed by atoms with Crippen molar-refractivity contribution in [3.63, 3.8) is 0 Å². The molecule has 0 bridgehead atoms. The Balaban J connectivity index is 1.45. The van der Waals surface area contributed by atoms with Gasteiger partial charge in [0.1, 0.15) is 0 Å². The molecule has 0 atom stereocenters. The number of aromatic nitrogens is 2. The molecule has 0 saturated carbocycles. The van der Waals surface area contributed by atoms with Crippen LogP contribution in [0.2, 0.25) is 0 Å². The van der Waals surface area contributed by atoms with Crippen molar-refractivity contribution >= 4 is 21.8 Å². The highest BCUT2D eigenvalue weighted by atomic mass is 14.7. The van der Waals surface area contributed by atoms with E-state index >= 15 is 0 Å². The molecule has 1 aromatic carbocycles. The van der Waals surface area contributed by atoms with Crippen molar-refractivity contribution in [2.45, 2.75) is 129 Å². The number of hydrogen-bond donors (Lipinski definition) is 0. The number of benzene rings is 1. The molecule has 186 valence electrons. The number of hydrogen-bond acceptors (Lipinski definition) is 2. The maximum absolute atomic E-state index is 4.84. The number of unbranched alkanes of at least 4 members (excludes halogenated alkanes) is 14. The highest BCUT2D eigenvalue weighted by molar-refractivity contribution is 6.02. The molecule has 0 aliphatic carbocycles. The van der Waals surface area contributed by atoms with Crippen molar-refractivity contribution in [1.82, 2.24) is 9.97 Å². The van der Waals surface area contributed by atoms with Gasteiger partial charge in [-0.3, -0.25) is 9.97 Å². The summed E-state index contributed by atoms with van der Waals surface area (Å²) in [6.45, 7) is 4.57. The molecule has 2 heteroatoms. The predicted octanol–water partition coefficient (Wildman–Crippen LogP) is 10.1. The van der Waals surface area contributed by atoms with Crippen LogP contribution in [0.25, 0.3) is 21.8 Å². The lowest BCUT2D eigenvalue weighted by Gasteiger charge is -2.08. The lowest BCUT2D eigenvalue weighted by Crippen LogP contribution is -1.93. The Morgan fingerprint density at radius 2 is 0.824 bits per heavy atom. The minimum Gasteiger partial charge on any atom is -0.254 e. The Bertz CT molecular complexity index is 883. The van der Waals surface area contributed by atoms with Gasteiger partial charge in [-0.1, -0.05) is 116 Å². The summed E-state index contributed by atoms with van der Waals surface area (Å²) in [6.07, 6.45) is 28.3. The number of fused-ring (bicyclic) bond motifs is 3. The van der Waals surface area contributed by atoms with Gasteiger partial charge >= 0.3 is 0 Å². The monoisotopic (exact) mass is 460 g/mol. The van der Waals surface area contributed by atoms with E-state index in [0.29, 0.717) is 0 Å². The van der Waals surface area contributed by atoms with Crippen molar-refractivity contribution < 1.29 is 0 Å². The van der Waals surface area contributed by atoms with Gasteiger partial charge in [0, 0.05) is 23.2 Å². The average Bonchev–Trinajstić information content (AvgIpc) is 2.87. The standard InChI is InChI=1S/C32H48N2/c1-3-5-7-9-11-13-15-17-19-27-23-29-21-22-30-24-28(26-34-32(30)31(29)33-25-27)20-18-16-14-12-10-8-6-4-2/h21-26H,3-20H2,1-2H3. The summed E-state index contributed by atoms with van der Waals surface area (Å²) in [5, 5.41) is 2.46. The fraction of sp³-hybridized carbons (Fsp3) is 0.625. The average molecular weight is 461 g/mol. The molecule has 0 radical (unpaired) electrons. The molecule has 3 aromatic rings. The molecule has 2 heterocycles. The smallest absolute Gasteiger partial charge is 0.0964 e. The molecule has 2 aromatic heterocycles. The van der Waals surface area contributed by atoms with E-state index in [1.54, 1.807) is 0 Å². The second-order valence-corrected chi connectivity index (χ2v) is 10.3. The maximum atomic E-state index is 4.84. The van der Waals surface area contributed by atoms with E-state index in [2.05, 4.69) is 50.5 Å². The number of rotatable bonds is 18. The summed E-state index contributed by atoms with van der Waals surface area (Å²) in [4.78, 5) is 9.68. The number of pyridine rings is 2. The molecule has 0 spiro atoms. The number of nitrogens with zero attached hydrogens (tertiary/aromatic N) is 2. The second kappa shape index (κ2) is 15.8. The van der Waals surface area contributed by atoms with E-state index in [-0.39, 0.29) is 0 Å². The van der Waals surface area contributed by atoms with Gasteiger partial charge in [-0.25, -0.2) is 0 Å². The molecule has 0 amide bonds. The third-order valence-corrected chi connectivity index (χ3v) is 7.25. The van der Waals surface area contributed by atoms with Gasteiger partial charge < -0.3 is 0 Å². The van der Waals surface area contributed by atoms with Crippen molar-refractivity contribution in [2.24, 2.45) is 0 Å². The fourth-order valence-corrected chi connectivity index (χ4v) is 5.08. The van der Waals surface area contributed by atoms with Crippen molar-refractivity contribution in [2.75, 3.05) is 0 Å². The van der Waals surface area contributed by atoms with E-state index in [0.717, 1.165) is 23.9 Å². The highest BCUT2D eigenvalue weighted by Gasteiger charge is 2.06. The Kier molecular flexibility index (Phi) is 12.4. The molecular weight excluding hydrogens is 412 g/mol. The minimum absolute atomic E-state index is 1.05. The van der Waals surface area contributed by atoms with E-state index < -0.39 is 0 Å². The van der Waals surface area contributed by atoms with Gasteiger partial charge in [0.05, 0.1) is 11.0 Å². The normalized spacial score (nSPS) is 11.6. The molecule has 0 N–H and O–H groups in total. The molecule has 0 unspecified atom stereocenters. The number of aryl methyl sites for hydroxylation is 2. The van der Waals surface area contributed by atoms with Crippen LogP contribution in [0.5, 0.6) is 0 Å². The lowest BCUT2D eigenvalue weighted by molar-refractivity contribution is 0.575. The third-order valence-electron chi connectivity index (χ3n) is 7.25. The van der Waals surface area contributed by atoms with Gasteiger partial charge in [-0.15, -0.1) is 0 Å². The predicted molar refractivity (Wildman–Crippen MR) is 150 cm³/mol. The molecule has 34 heavy (non-hydrogen) atoms. The summed E-state index contributed by atoms with van der Waals surface area (Å²) in [5.41, 5.74) is 4.83. The van der Waals surface area contributed by atoms with Crippen LogP contribution in [0.3, 0.4) is 0 Å². The summed E-state index contributed by atoms with van der Waals surface area (Å²) >= 11 is 0. The lowest BCUT2D eigenvalue weighted by atomic mass is 10.0. The van der Waals surface area contributed by atoms with Crippen molar-refractivity contribution in [3.8, 4) is 0 Å². The highest BCUT2D eigenvalue weighted by Crippen LogP contribution is 2.25. The van der Waals surface area contributed by atoms with Crippen LogP contribution in [0.15, 0.2) is 36.7 Å². The van der Waals surface area contributed by atoms with E-state index in [1.165, 1.54) is 125 Å². The van der Waals surface area contributed by atoms with Crippen LogP contribution in [0, 0.1) is 0 Å². The summed E-state index contributed by atoms with van der Waals surface area (Å²) in [5.74, 6) is 0. The maximum Gasteiger partial charge on any atom is 0.0964 e. The Labute approximate surface area is 209 Å². The molecule has 0 aliphatic rings. The van der Waals surface area contributed by atoms with E-state index in [1.807, 2.05) is 0 Å². The van der Waals surface area contributed by atoms with Crippen LogP contribution < -0.4 is 0 Å². The first-order valence-electron chi connectivity index (χ1n) is 14.5. The van der Waals surface area contributed by atoms with Gasteiger partial charge in [0.2, 0.25) is 0 Å². The molecular formula is C32H48N2. The zero-order valence-corrected chi connectivity index (χ0v) is 22.1. The Morgan fingerprint density at radius 3 is 1.21 bits per heavy atom. The quantitative estimate of drug-likeness (QED) is 0.139. The first-order chi connectivity index (χ1) is 16.8. The molecule has 0 aliphatic heterocycles. The van der Waals surface area contributed by atoms with Gasteiger partial charge in [0.15, 0.2) is 0 Å². The fourth-order valence-electron chi connectivity index (χ4n) is 5.08. The van der Waals surface area contributed by atoms with Crippen LogP contribution in [0.1, 0.15) is 128 Å². The topological polar surface area (TPSA) is 25.8 Å². The van der Waals surface area contributed by atoms with Gasteiger partial charge in [-0.05, 0) is 48.9 Å². The van der Waals surface area contributed by atoms with Gasteiger partial charge in [0.25, 0.3) is 0 Å². The summed E-state index contributed by atoms with van der Waals surface area (Å²) < 4.78 is 0. The Hall–Kier alpha value is -1.96.